The third-order valence-corrected chi connectivity index (χ3v) is 5.43. The second-order valence-corrected chi connectivity index (χ2v) is 9.96. The van der Waals surface area contributed by atoms with Crippen molar-refractivity contribution >= 4 is 6.09 Å². The molecule has 0 unspecified atom stereocenters. The lowest BCUT2D eigenvalue weighted by atomic mass is 10.0. The number of alkyl carbamates (subject to hydrolysis) is 1. The molecule has 0 aromatic carbocycles. The molecule has 0 saturated heterocycles. The normalized spacial score (nSPS) is 11.6. The zero-order chi connectivity index (χ0) is 23.8. The van der Waals surface area contributed by atoms with Gasteiger partial charge in [-0.25, -0.2) is 4.79 Å². The molecule has 0 atom stereocenters. The van der Waals surface area contributed by atoms with Gasteiger partial charge in [-0.2, -0.15) is 0 Å². The van der Waals surface area contributed by atoms with E-state index in [0.717, 1.165) is 13.0 Å². The summed E-state index contributed by atoms with van der Waals surface area (Å²) >= 11 is 0. The predicted octanol–water partition coefficient (Wildman–Crippen LogP) is 7.81. The topological polar surface area (TPSA) is 56.8 Å². The van der Waals surface area contributed by atoms with E-state index < -0.39 is 11.7 Å². The Kier molecular flexibility index (Phi) is 22.8. The van der Waals surface area contributed by atoms with E-state index in [1.165, 1.54) is 96.3 Å². The lowest BCUT2D eigenvalue weighted by Crippen LogP contribution is -2.34. The predicted molar refractivity (Wildman–Crippen MR) is 135 cm³/mol. The zero-order valence-corrected chi connectivity index (χ0v) is 22.0. The summed E-state index contributed by atoms with van der Waals surface area (Å²) in [7, 11) is 0. The Hall–Kier alpha value is -0.810. The number of nitrogens with one attached hydrogen (secondary N) is 1. The lowest BCUT2D eigenvalue weighted by molar-refractivity contribution is 0.0390. The smallest absolute Gasteiger partial charge is 0.407 e. The summed E-state index contributed by atoms with van der Waals surface area (Å²) in [5, 5.41) is 2.67. The minimum Gasteiger partial charge on any atom is -0.444 e. The highest BCUT2D eigenvalue weighted by molar-refractivity contribution is 5.67. The van der Waals surface area contributed by atoms with Gasteiger partial charge in [0.25, 0.3) is 0 Å². The van der Waals surface area contributed by atoms with Crippen molar-refractivity contribution < 1.29 is 19.0 Å². The van der Waals surface area contributed by atoms with E-state index in [9.17, 15) is 4.79 Å². The van der Waals surface area contributed by atoms with E-state index in [0.29, 0.717) is 26.4 Å². The van der Waals surface area contributed by atoms with E-state index in [1.807, 2.05) is 20.8 Å². The molecule has 0 rings (SSSR count). The van der Waals surface area contributed by atoms with Gasteiger partial charge in [-0.05, 0) is 27.2 Å². The number of hydrogen-bond donors (Lipinski definition) is 1. The van der Waals surface area contributed by atoms with Gasteiger partial charge in [0.1, 0.15) is 5.60 Å². The maximum atomic E-state index is 11.5. The Morgan fingerprint density at radius 3 is 1.44 bits per heavy atom. The second-order valence-electron chi connectivity index (χ2n) is 9.96. The average Bonchev–Trinajstić information content (AvgIpc) is 2.73. The summed E-state index contributed by atoms with van der Waals surface area (Å²) in [4.78, 5) is 11.5. The maximum absolute atomic E-state index is 11.5. The first-order valence-corrected chi connectivity index (χ1v) is 13.6. The minimum atomic E-state index is -0.467. The molecule has 0 aromatic rings. The molecule has 0 aliphatic heterocycles. The lowest BCUT2D eigenvalue weighted by Gasteiger charge is -2.19. The van der Waals surface area contributed by atoms with Crippen LogP contribution in [0.15, 0.2) is 0 Å². The molecule has 0 radical (unpaired) electrons. The van der Waals surface area contributed by atoms with Gasteiger partial charge in [-0.15, -0.1) is 0 Å². The summed E-state index contributed by atoms with van der Waals surface area (Å²) < 4.78 is 16.2. The van der Waals surface area contributed by atoms with Gasteiger partial charge in [0, 0.05) is 13.2 Å². The molecule has 32 heavy (non-hydrogen) atoms. The van der Waals surface area contributed by atoms with Crippen molar-refractivity contribution in [3.8, 4) is 0 Å². The van der Waals surface area contributed by atoms with Crippen molar-refractivity contribution in [1.82, 2.24) is 5.32 Å². The van der Waals surface area contributed by atoms with Crippen molar-refractivity contribution in [2.24, 2.45) is 0 Å². The van der Waals surface area contributed by atoms with Gasteiger partial charge in [-0.1, -0.05) is 103 Å². The van der Waals surface area contributed by atoms with Crippen LogP contribution < -0.4 is 5.32 Å². The molecule has 0 aliphatic carbocycles. The Morgan fingerprint density at radius 2 is 1.00 bits per heavy atom. The highest BCUT2D eigenvalue weighted by atomic mass is 16.6. The van der Waals surface area contributed by atoms with Crippen LogP contribution in [0, 0.1) is 0 Å². The Bertz CT molecular complexity index is 396. The van der Waals surface area contributed by atoms with E-state index in [1.54, 1.807) is 0 Å². The van der Waals surface area contributed by atoms with Gasteiger partial charge >= 0.3 is 6.09 Å². The van der Waals surface area contributed by atoms with Crippen LogP contribution in [0.4, 0.5) is 4.79 Å². The standard InChI is InChI=1S/C27H55NO4/c1-5-6-7-8-9-10-11-12-13-14-15-16-17-18-19-20-22-30-24-25-31-23-21-28-26(29)32-27(2,3)4/h5-25H2,1-4H3,(H,28,29). The van der Waals surface area contributed by atoms with Gasteiger partial charge in [0.15, 0.2) is 0 Å². The highest BCUT2D eigenvalue weighted by Gasteiger charge is 2.15. The van der Waals surface area contributed by atoms with Crippen LogP contribution in [0.5, 0.6) is 0 Å². The number of carbonyl (C=O) groups excluding carboxylic acids is 1. The van der Waals surface area contributed by atoms with E-state index in [4.69, 9.17) is 14.2 Å². The summed E-state index contributed by atoms with van der Waals surface area (Å²) in [5.74, 6) is 0. The quantitative estimate of drug-likeness (QED) is 0.159. The molecule has 5 heteroatoms. The van der Waals surface area contributed by atoms with Crippen molar-refractivity contribution in [3.05, 3.63) is 0 Å². The van der Waals surface area contributed by atoms with Gasteiger partial charge in [-0.3, -0.25) is 0 Å². The molecule has 5 nitrogen and oxygen atoms in total. The average molecular weight is 458 g/mol. The van der Waals surface area contributed by atoms with Crippen LogP contribution in [0.3, 0.4) is 0 Å². The first kappa shape index (κ1) is 31.2. The molecule has 0 aromatic heterocycles. The fourth-order valence-electron chi connectivity index (χ4n) is 3.61. The molecule has 1 N–H and O–H groups in total. The maximum Gasteiger partial charge on any atom is 0.407 e. The monoisotopic (exact) mass is 457 g/mol. The molecule has 0 bridgehead atoms. The van der Waals surface area contributed by atoms with Crippen LogP contribution in [0.2, 0.25) is 0 Å². The summed E-state index contributed by atoms with van der Waals surface area (Å²) in [6.07, 6.45) is 21.8. The molecular formula is C27H55NO4. The summed E-state index contributed by atoms with van der Waals surface area (Å²) in [6.45, 7) is 10.7. The Morgan fingerprint density at radius 1 is 0.594 bits per heavy atom. The Balaban J connectivity index is 3.10. The van der Waals surface area contributed by atoms with Crippen molar-refractivity contribution in [3.63, 3.8) is 0 Å². The molecule has 0 saturated carbocycles. The third kappa shape index (κ3) is 27.2. The molecule has 0 heterocycles. The van der Waals surface area contributed by atoms with Crippen molar-refractivity contribution in [2.45, 2.75) is 136 Å². The molecule has 0 fully saturated rings. The van der Waals surface area contributed by atoms with Crippen molar-refractivity contribution in [1.29, 1.82) is 0 Å². The minimum absolute atomic E-state index is 0.402. The number of amides is 1. The SMILES string of the molecule is CCCCCCCCCCCCCCCCCCOCCOCCNC(=O)OC(C)(C)C. The van der Waals surface area contributed by atoms with Gasteiger partial charge in [0.2, 0.25) is 0 Å². The van der Waals surface area contributed by atoms with E-state index in [2.05, 4.69) is 12.2 Å². The molecule has 192 valence electrons. The number of hydrogen-bond acceptors (Lipinski definition) is 4. The van der Waals surface area contributed by atoms with E-state index in [-0.39, 0.29) is 0 Å². The zero-order valence-electron chi connectivity index (χ0n) is 22.0. The number of unbranched alkanes of at least 4 members (excludes halogenated alkanes) is 15. The van der Waals surface area contributed by atoms with Crippen LogP contribution in [0.25, 0.3) is 0 Å². The summed E-state index contributed by atoms with van der Waals surface area (Å²) in [5.41, 5.74) is -0.467. The first-order chi connectivity index (χ1) is 15.5. The van der Waals surface area contributed by atoms with Crippen LogP contribution in [-0.4, -0.2) is 44.7 Å². The number of carbonyl (C=O) groups is 1. The van der Waals surface area contributed by atoms with Crippen LogP contribution in [0.1, 0.15) is 130 Å². The molecule has 0 spiro atoms. The van der Waals surface area contributed by atoms with Gasteiger partial charge < -0.3 is 19.5 Å². The highest BCUT2D eigenvalue weighted by Crippen LogP contribution is 2.13. The first-order valence-electron chi connectivity index (χ1n) is 13.6. The third-order valence-electron chi connectivity index (χ3n) is 5.43. The van der Waals surface area contributed by atoms with Crippen LogP contribution >= 0.6 is 0 Å². The molecular weight excluding hydrogens is 402 g/mol. The number of ether oxygens (including phenoxy) is 3. The van der Waals surface area contributed by atoms with Crippen LogP contribution in [-0.2, 0) is 14.2 Å². The Labute approximate surface area is 199 Å². The fraction of sp³-hybridized carbons (Fsp3) is 0.963. The largest absolute Gasteiger partial charge is 0.444 e. The molecule has 0 aliphatic rings. The number of rotatable bonds is 23. The van der Waals surface area contributed by atoms with Crippen molar-refractivity contribution in [2.75, 3.05) is 33.0 Å². The van der Waals surface area contributed by atoms with E-state index >= 15 is 0 Å². The summed E-state index contributed by atoms with van der Waals surface area (Å²) in [6, 6.07) is 0. The fourth-order valence-corrected chi connectivity index (χ4v) is 3.61. The second kappa shape index (κ2) is 23.4. The van der Waals surface area contributed by atoms with Gasteiger partial charge in [0.05, 0.1) is 19.8 Å². The molecule has 1 amide bonds.